The molecule has 0 radical (unpaired) electrons. The lowest BCUT2D eigenvalue weighted by Gasteiger charge is -2.35. The Labute approximate surface area is 173 Å². The second-order valence-electron chi connectivity index (χ2n) is 7.37. The molecule has 4 nitrogen and oxygen atoms in total. The molecule has 2 aliphatic heterocycles. The Morgan fingerprint density at radius 2 is 1.67 bits per heavy atom. The van der Waals surface area contributed by atoms with Gasteiger partial charge in [0, 0.05) is 30.7 Å². The number of aromatic nitrogens is 1. The first kappa shape index (κ1) is 21.7. The summed E-state index contributed by atoms with van der Waals surface area (Å²) in [5.74, 6) is 0.0934. The van der Waals surface area contributed by atoms with Crippen LogP contribution in [0.5, 0.6) is 0 Å². The molecule has 1 amide bonds. The van der Waals surface area contributed by atoms with Crippen molar-refractivity contribution in [3.8, 4) is 11.3 Å². The van der Waals surface area contributed by atoms with Gasteiger partial charge in [-0.05, 0) is 44.7 Å². The van der Waals surface area contributed by atoms with Gasteiger partial charge in [0.05, 0.1) is 17.0 Å². The molecule has 2 fully saturated rings. The Balaban J connectivity index is 0.00000131. The number of fused-ring (bicyclic) bond motifs is 2. The molecule has 1 N–H and O–H groups in total. The van der Waals surface area contributed by atoms with Gasteiger partial charge in [-0.2, -0.15) is 0 Å². The summed E-state index contributed by atoms with van der Waals surface area (Å²) < 4.78 is 0. The molecule has 0 spiro atoms. The Hall–Kier alpha value is -1.62. The molecule has 146 valence electrons. The molecule has 2 saturated heterocycles. The number of benzene rings is 1. The average Bonchev–Trinajstić information content (AvgIpc) is 2.99. The molecule has 1 aromatic heterocycles. The van der Waals surface area contributed by atoms with E-state index in [1.807, 2.05) is 61.3 Å². The summed E-state index contributed by atoms with van der Waals surface area (Å²) in [6.07, 6.45) is 4.62. The van der Waals surface area contributed by atoms with Crippen molar-refractivity contribution >= 4 is 30.7 Å². The van der Waals surface area contributed by atoms with E-state index >= 15 is 0 Å². The summed E-state index contributed by atoms with van der Waals surface area (Å²) in [5.41, 5.74) is 3.51. The van der Waals surface area contributed by atoms with Gasteiger partial charge >= 0.3 is 0 Å². The number of nitrogens with zero attached hydrogens (tertiary/aromatic N) is 2. The largest absolute Gasteiger partial charge is 0.339 e. The van der Waals surface area contributed by atoms with E-state index in [2.05, 4.69) is 10.3 Å². The van der Waals surface area contributed by atoms with Gasteiger partial charge in [0.1, 0.15) is 0 Å². The van der Waals surface area contributed by atoms with Crippen molar-refractivity contribution in [1.29, 1.82) is 0 Å². The lowest BCUT2D eigenvalue weighted by molar-refractivity contribution is 0.0680. The minimum absolute atomic E-state index is 0. The molecule has 4 rings (SSSR count). The number of carbonyl (C=O) groups is 1. The van der Waals surface area contributed by atoms with Crippen molar-refractivity contribution in [3.05, 3.63) is 53.7 Å². The third kappa shape index (κ3) is 4.45. The standard InChI is InChI=1S/C21H25N3O.2ClH/c1-14-19(10-11-20(22-14)15-6-4-3-5-7-15)21(25)24(2)18-12-16-8-9-17(13-18)23-16;;/h3-7,10-11,16-18,23H,8-9,12-13H2,1-2H3;2*1H. The highest BCUT2D eigenvalue weighted by molar-refractivity contribution is 5.95. The summed E-state index contributed by atoms with van der Waals surface area (Å²) in [7, 11) is 1.95. The Kier molecular flexibility index (Phi) is 7.26. The van der Waals surface area contributed by atoms with Gasteiger partial charge in [0.25, 0.3) is 5.91 Å². The van der Waals surface area contributed by atoms with Crippen LogP contribution in [0.1, 0.15) is 41.7 Å². The van der Waals surface area contributed by atoms with Crippen molar-refractivity contribution < 1.29 is 4.79 Å². The molecular weight excluding hydrogens is 381 g/mol. The quantitative estimate of drug-likeness (QED) is 0.826. The Bertz CT molecular complexity index is 772. The van der Waals surface area contributed by atoms with E-state index in [-0.39, 0.29) is 30.7 Å². The van der Waals surface area contributed by atoms with Crippen LogP contribution in [0.25, 0.3) is 11.3 Å². The fourth-order valence-corrected chi connectivity index (χ4v) is 4.26. The van der Waals surface area contributed by atoms with Crippen LogP contribution in [0, 0.1) is 6.92 Å². The smallest absolute Gasteiger partial charge is 0.255 e. The molecule has 2 aliphatic rings. The fraction of sp³-hybridized carbons (Fsp3) is 0.429. The number of pyridine rings is 1. The molecule has 1 aromatic carbocycles. The van der Waals surface area contributed by atoms with Crippen molar-refractivity contribution in [2.24, 2.45) is 0 Å². The van der Waals surface area contributed by atoms with Crippen LogP contribution >= 0.6 is 24.8 Å². The zero-order valence-electron chi connectivity index (χ0n) is 15.7. The monoisotopic (exact) mass is 407 g/mol. The van der Waals surface area contributed by atoms with Gasteiger partial charge in [-0.1, -0.05) is 30.3 Å². The highest BCUT2D eigenvalue weighted by Gasteiger charge is 2.36. The van der Waals surface area contributed by atoms with E-state index in [1.54, 1.807) is 0 Å². The van der Waals surface area contributed by atoms with Gasteiger partial charge in [-0.25, -0.2) is 0 Å². The van der Waals surface area contributed by atoms with E-state index in [0.29, 0.717) is 23.7 Å². The van der Waals surface area contributed by atoms with Gasteiger partial charge in [-0.3, -0.25) is 9.78 Å². The molecule has 2 aromatic rings. The normalized spacial score (nSPS) is 23.1. The molecule has 0 saturated carbocycles. The summed E-state index contributed by atoms with van der Waals surface area (Å²) >= 11 is 0. The SMILES string of the molecule is Cc1nc(-c2ccccc2)ccc1C(=O)N(C)C1CC2CCC(C1)N2.Cl.Cl. The van der Waals surface area contributed by atoms with Crippen LogP contribution < -0.4 is 5.32 Å². The first-order chi connectivity index (χ1) is 12.1. The lowest BCUT2D eigenvalue weighted by Crippen LogP contribution is -2.48. The van der Waals surface area contributed by atoms with Crippen LogP contribution in [0.4, 0.5) is 0 Å². The predicted octanol–water partition coefficient (Wildman–Crippen LogP) is 4.26. The average molecular weight is 408 g/mol. The van der Waals surface area contributed by atoms with Gasteiger partial charge in [-0.15, -0.1) is 24.8 Å². The Morgan fingerprint density at radius 3 is 2.26 bits per heavy atom. The number of carbonyl (C=O) groups excluding carboxylic acids is 1. The maximum absolute atomic E-state index is 13.0. The van der Waals surface area contributed by atoms with Gasteiger partial charge in [0.15, 0.2) is 0 Å². The third-order valence-corrected chi connectivity index (χ3v) is 5.70. The zero-order valence-corrected chi connectivity index (χ0v) is 17.4. The third-order valence-electron chi connectivity index (χ3n) is 5.70. The number of rotatable bonds is 3. The van der Waals surface area contributed by atoms with Gasteiger partial charge in [0.2, 0.25) is 0 Å². The highest BCUT2D eigenvalue weighted by Crippen LogP contribution is 2.30. The Morgan fingerprint density at radius 1 is 1.04 bits per heavy atom. The number of hydrogen-bond donors (Lipinski definition) is 1. The molecule has 3 heterocycles. The van der Waals surface area contributed by atoms with E-state index < -0.39 is 0 Å². The van der Waals surface area contributed by atoms with Crippen molar-refractivity contribution in [1.82, 2.24) is 15.2 Å². The highest BCUT2D eigenvalue weighted by atomic mass is 35.5. The van der Waals surface area contributed by atoms with E-state index in [1.165, 1.54) is 12.8 Å². The van der Waals surface area contributed by atoms with E-state index in [0.717, 1.165) is 29.8 Å². The van der Waals surface area contributed by atoms with Crippen LogP contribution in [0.2, 0.25) is 0 Å². The molecule has 0 aliphatic carbocycles. The van der Waals surface area contributed by atoms with Gasteiger partial charge < -0.3 is 10.2 Å². The molecular formula is C21H27Cl2N3O. The second-order valence-corrected chi connectivity index (χ2v) is 7.37. The number of piperidine rings is 1. The second kappa shape index (κ2) is 9.05. The zero-order chi connectivity index (χ0) is 17.4. The molecule has 6 heteroatoms. The fourth-order valence-electron chi connectivity index (χ4n) is 4.26. The predicted molar refractivity (Wildman–Crippen MR) is 114 cm³/mol. The summed E-state index contributed by atoms with van der Waals surface area (Å²) in [6, 6.07) is 15.5. The maximum atomic E-state index is 13.0. The first-order valence-electron chi connectivity index (χ1n) is 9.18. The lowest BCUT2D eigenvalue weighted by atomic mass is 9.97. The number of halogens is 2. The molecule has 2 unspecified atom stereocenters. The van der Waals surface area contributed by atoms with Crippen molar-refractivity contribution in [2.45, 2.75) is 50.7 Å². The van der Waals surface area contributed by atoms with E-state index in [9.17, 15) is 4.79 Å². The summed E-state index contributed by atoms with van der Waals surface area (Å²) in [6.45, 7) is 1.93. The maximum Gasteiger partial charge on any atom is 0.255 e. The van der Waals surface area contributed by atoms with Crippen LogP contribution in [-0.4, -0.2) is 41.0 Å². The minimum Gasteiger partial charge on any atom is -0.339 e. The number of amides is 1. The number of aryl methyl sites for hydroxylation is 1. The molecule has 2 bridgehead atoms. The number of hydrogen-bond acceptors (Lipinski definition) is 3. The summed E-state index contributed by atoms with van der Waals surface area (Å²) in [4.78, 5) is 19.6. The minimum atomic E-state index is 0. The van der Waals surface area contributed by atoms with Crippen molar-refractivity contribution in [2.75, 3.05) is 7.05 Å². The summed E-state index contributed by atoms with van der Waals surface area (Å²) in [5, 5.41) is 3.64. The molecule has 2 atom stereocenters. The van der Waals surface area contributed by atoms with Crippen LogP contribution in [0.15, 0.2) is 42.5 Å². The van der Waals surface area contributed by atoms with Crippen LogP contribution in [0.3, 0.4) is 0 Å². The first-order valence-corrected chi connectivity index (χ1v) is 9.18. The van der Waals surface area contributed by atoms with E-state index in [4.69, 9.17) is 0 Å². The van der Waals surface area contributed by atoms with Crippen LogP contribution in [-0.2, 0) is 0 Å². The van der Waals surface area contributed by atoms with Crippen molar-refractivity contribution in [3.63, 3.8) is 0 Å². The molecule has 27 heavy (non-hydrogen) atoms. The number of nitrogens with one attached hydrogen (secondary N) is 1. The topological polar surface area (TPSA) is 45.2 Å².